The number of likely N-dealkylation sites (N-methyl/N-ethyl adjacent to an activating group) is 1. The van der Waals surface area contributed by atoms with E-state index in [9.17, 15) is 19.7 Å². The highest BCUT2D eigenvalue weighted by atomic mass is 16.6. The number of methoxy groups -OCH3 is 1. The Morgan fingerprint density at radius 3 is 2.53 bits per heavy atom. The van der Waals surface area contributed by atoms with Gasteiger partial charge in [-0.15, -0.1) is 0 Å². The Balaban J connectivity index is 2.00. The van der Waals surface area contributed by atoms with E-state index in [1.165, 1.54) is 24.1 Å². The van der Waals surface area contributed by atoms with Gasteiger partial charge in [-0.25, -0.2) is 4.79 Å². The second-order valence-electron chi connectivity index (χ2n) is 6.58. The minimum absolute atomic E-state index is 0.00875. The van der Waals surface area contributed by atoms with Crippen molar-refractivity contribution in [1.29, 1.82) is 0 Å². The van der Waals surface area contributed by atoms with E-state index in [4.69, 9.17) is 9.47 Å². The fourth-order valence-corrected chi connectivity index (χ4v) is 2.73. The Hall–Kier alpha value is -3.46. The van der Waals surface area contributed by atoms with Gasteiger partial charge < -0.3 is 19.7 Å². The predicted octanol–water partition coefficient (Wildman–Crippen LogP) is 3.03. The fourth-order valence-electron chi connectivity index (χ4n) is 2.73. The standard InChI is InChI=1S/C21H25N3O6/c1-15(16-7-5-4-6-8-16)23(2)20(25)14-30-21(26)17-9-10-18(22-11-12-29-3)19(13-17)24(27)28/h4-10,13,15,22H,11-12,14H2,1-3H3/t15-/m1/s1. The molecule has 9 nitrogen and oxygen atoms in total. The highest BCUT2D eigenvalue weighted by molar-refractivity contribution is 5.93. The Morgan fingerprint density at radius 2 is 1.90 bits per heavy atom. The molecule has 1 atom stereocenters. The number of nitrogens with one attached hydrogen (secondary N) is 1. The Labute approximate surface area is 174 Å². The summed E-state index contributed by atoms with van der Waals surface area (Å²) in [6.45, 7) is 2.15. The van der Waals surface area contributed by atoms with Crippen LogP contribution in [0.15, 0.2) is 48.5 Å². The third-order valence-corrected chi connectivity index (χ3v) is 4.63. The molecule has 0 unspecified atom stereocenters. The van der Waals surface area contributed by atoms with Gasteiger partial charge in [0.25, 0.3) is 11.6 Å². The summed E-state index contributed by atoms with van der Waals surface area (Å²) in [5, 5.41) is 14.2. The van der Waals surface area contributed by atoms with Gasteiger partial charge in [0.15, 0.2) is 6.61 Å². The summed E-state index contributed by atoms with van der Waals surface area (Å²) in [7, 11) is 3.15. The van der Waals surface area contributed by atoms with Crippen LogP contribution in [-0.2, 0) is 14.3 Å². The number of nitrogens with zero attached hydrogens (tertiary/aromatic N) is 2. The quantitative estimate of drug-likeness (QED) is 0.275. The zero-order chi connectivity index (χ0) is 22.1. The van der Waals surface area contributed by atoms with E-state index in [-0.39, 0.29) is 28.9 Å². The molecule has 2 aromatic rings. The Morgan fingerprint density at radius 1 is 1.20 bits per heavy atom. The van der Waals surface area contributed by atoms with E-state index in [0.29, 0.717) is 13.2 Å². The van der Waals surface area contributed by atoms with Crippen LogP contribution in [0.25, 0.3) is 0 Å². The maximum absolute atomic E-state index is 12.4. The van der Waals surface area contributed by atoms with Gasteiger partial charge in [0, 0.05) is 26.8 Å². The molecule has 0 saturated heterocycles. The lowest BCUT2D eigenvalue weighted by atomic mass is 10.1. The van der Waals surface area contributed by atoms with Crippen molar-refractivity contribution < 1.29 is 24.0 Å². The lowest BCUT2D eigenvalue weighted by molar-refractivity contribution is -0.384. The van der Waals surface area contributed by atoms with Crippen LogP contribution in [0.2, 0.25) is 0 Å². The van der Waals surface area contributed by atoms with Crippen LogP contribution in [0.4, 0.5) is 11.4 Å². The molecule has 1 amide bonds. The third kappa shape index (κ3) is 6.02. The molecule has 30 heavy (non-hydrogen) atoms. The smallest absolute Gasteiger partial charge is 0.338 e. The van der Waals surface area contributed by atoms with Crippen molar-refractivity contribution in [1.82, 2.24) is 4.90 Å². The zero-order valence-corrected chi connectivity index (χ0v) is 17.2. The normalized spacial score (nSPS) is 11.4. The molecule has 0 bridgehead atoms. The van der Waals surface area contributed by atoms with Crippen molar-refractivity contribution in [2.45, 2.75) is 13.0 Å². The van der Waals surface area contributed by atoms with E-state index in [0.717, 1.165) is 11.6 Å². The lowest BCUT2D eigenvalue weighted by Gasteiger charge is -2.25. The number of amides is 1. The molecule has 0 spiro atoms. The number of hydrogen-bond acceptors (Lipinski definition) is 7. The molecule has 0 radical (unpaired) electrons. The molecular weight excluding hydrogens is 390 g/mol. The van der Waals surface area contributed by atoms with Crippen molar-refractivity contribution in [2.24, 2.45) is 0 Å². The SMILES string of the molecule is COCCNc1ccc(C(=O)OCC(=O)N(C)[C@H](C)c2ccccc2)cc1[N+](=O)[O-]. The first-order valence-corrected chi connectivity index (χ1v) is 9.34. The van der Waals surface area contributed by atoms with Crippen LogP contribution in [0.1, 0.15) is 28.9 Å². The van der Waals surface area contributed by atoms with Crippen molar-refractivity contribution in [2.75, 3.05) is 39.2 Å². The first kappa shape index (κ1) is 22.8. The molecule has 1 N–H and O–H groups in total. The van der Waals surface area contributed by atoms with Gasteiger partial charge in [-0.05, 0) is 24.6 Å². The summed E-state index contributed by atoms with van der Waals surface area (Å²) < 4.78 is 9.98. The predicted molar refractivity (Wildman–Crippen MR) is 111 cm³/mol. The molecule has 0 fully saturated rings. The monoisotopic (exact) mass is 415 g/mol. The maximum atomic E-state index is 12.4. The van der Waals surface area contributed by atoms with E-state index < -0.39 is 17.5 Å². The van der Waals surface area contributed by atoms with Crippen LogP contribution >= 0.6 is 0 Å². The van der Waals surface area contributed by atoms with E-state index in [1.807, 2.05) is 37.3 Å². The van der Waals surface area contributed by atoms with E-state index >= 15 is 0 Å². The molecule has 2 aromatic carbocycles. The van der Waals surface area contributed by atoms with Crippen LogP contribution < -0.4 is 5.32 Å². The molecule has 2 rings (SSSR count). The number of nitro benzene ring substituents is 1. The van der Waals surface area contributed by atoms with Gasteiger partial charge in [0.05, 0.1) is 23.1 Å². The summed E-state index contributed by atoms with van der Waals surface area (Å²) in [5.41, 5.74) is 0.945. The topological polar surface area (TPSA) is 111 Å². The average molecular weight is 415 g/mol. The van der Waals surface area contributed by atoms with Crippen LogP contribution in [0.3, 0.4) is 0 Å². The Bertz CT molecular complexity index is 888. The molecule has 0 aliphatic rings. The summed E-state index contributed by atoms with van der Waals surface area (Å²) in [6.07, 6.45) is 0. The molecule has 0 aromatic heterocycles. The highest BCUT2D eigenvalue weighted by Crippen LogP contribution is 2.26. The fraction of sp³-hybridized carbons (Fsp3) is 0.333. The van der Waals surface area contributed by atoms with Crippen LogP contribution in [0, 0.1) is 10.1 Å². The summed E-state index contributed by atoms with van der Waals surface area (Å²) >= 11 is 0. The first-order valence-electron chi connectivity index (χ1n) is 9.34. The number of anilines is 1. The van der Waals surface area contributed by atoms with Gasteiger partial charge in [0.1, 0.15) is 5.69 Å². The maximum Gasteiger partial charge on any atom is 0.338 e. The van der Waals surface area contributed by atoms with Gasteiger partial charge in [-0.2, -0.15) is 0 Å². The molecule has 9 heteroatoms. The molecule has 160 valence electrons. The molecule has 0 aliphatic carbocycles. The minimum atomic E-state index is -0.810. The number of nitro groups is 1. The largest absolute Gasteiger partial charge is 0.452 e. The van der Waals surface area contributed by atoms with Crippen molar-refractivity contribution in [3.8, 4) is 0 Å². The number of carbonyl (C=O) groups excluding carboxylic acids is 2. The minimum Gasteiger partial charge on any atom is -0.452 e. The summed E-state index contributed by atoms with van der Waals surface area (Å²) in [4.78, 5) is 36.9. The van der Waals surface area contributed by atoms with Gasteiger partial charge in [-0.3, -0.25) is 14.9 Å². The second-order valence-corrected chi connectivity index (χ2v) is 6.58. The second kappa shape index (κ2) is 10.9. The van der Waals surface area contributed by atoms with Crippen molar-refractivity contribution in [3.63, 3.8) is 0 Å². The third-order valence-electron chi connectivity index (χ3n) is 4.63. The van der Waals surface area contributed by atoms with E-state index in [1.54, 1.807) is 7.05 Å². The average Bonchev–Trinajstić information content (AvgIpc) is 2.76. The Kier molecular flexibility index (Phi) is 8.30. The highest BCUT2D eigenvalue weighted by Gasteiger charge is 2.21. The zero-order valence-electron chi connectivity index (χ0n) is 17.2. The van der Waals surface area contributed by atoms with Gasteiger partial charge in [0.2, 0.25) is 0 Å². The number of ether oxygens (including phenoxy) is 2. The van der Waals surface area contributed by atoms with Gasteiger partial charge >= 0.3 is 5.97 Å². The number of benzene rings is 2. The molecule has 0 aliphatic heterocycles. The number of rotatable bonds is 10. The number of esters is 1. The molecular formula is C21H25N3O6. The molecule has 0 heterocycles. The van der Waals surface area contributed by atoms with Crippen LogP contribution in [-0.4, -0.2) is 55.6 Å². The lowest BCUT2D eigenvalue weighted by Crippen LogP contribution is -2.33. The van der Waals surface area contributed by atoms with Gasteiger partial charge in [-0.1, -0.05) is 30.3 Å². The number of hydrogen-bond donors (Lipinski definition) is 1. The summed E-state index contributed by atoms with van der Waals surface area (Å²) in [5.74, 6) is -1.19. The van der Waals surface area contributed by atoms with E-state index in [2.05, 4.69) is 5.32 Å². The van der Waals surface area contributed by atoms with Crippen molar-refractivity contribution in [3.05, 3.63) is 69.8 Å². The summed E-state index contributed by atoms with van der Waals surface area (Å²) in [6, 6.07) is 13.2. The van der Waals surface area contributed by atoms with Crippen LogP contribution in [0.5, 0.6) is 0 Å². The van der Waals surface area contributed by atoms with Crippen molar-refractivity contribution >= 4 is 23.3 Å². The number of carbonyl (C=O) groups is 2. The first-order chi connectivity index (χ1) is 14.3. The molecule has 0 saturated carbocycles.